The first-order valence-electron chi connectivity index (χ1n) is 3.74. The summed E-state index contributed by atoms with van der Waals surface area (Å²) in [7, 11) is 1.28. The third kappa shape index (κ3) is 2.55. The smallest absolute Gasteiger partial charge is 0.342 e. The molecule has 0 aromatic carbocycles. The van der Waals surface area contributed by atoms with Crippen molar-refractivity contribution in [1.29, 1.82) is 0 Å². The van der Waals surface area contributed by atoms with Crippen molar-refractivity contribution in [2.75, 3.05) is 12.9 Å². The molecule has 0 N–H and O–H groups in total. The molecule has 1 aliphatic rings. The summed E-state index contributed by atoms with van der Waals surface area (Å²) in [5, 5.41) is 2.53. The fourth-order valence-electron chi connectivity index (χ4n) is 0.954. The minimum Gasteiger partial charge on any atom is -0.466 e. The van der Waals surface area contributed by atoms with Gasteiger partial charge in [0, 0.05) is 5.75 Å². The Morgan fingerprint density at radius 1 is 1.71 bits per heavy atom. The van der Waals surface area contributed by atoms with Crippen LogP contribution in [0.4, 0.5) is 0 Å². The fraction of sp³-hybridized carbons (Fsp3) is 0.375. The fourth-order valence-corrected chi connectivity index (χ4v) is 1.96. The summed E-state index contributed by atoms with van der Waals surface area (Å²) in [6.45, 7) is 0. The molecule has 0 saturated carbocycles. The highest BCUT2D eigenvalue weighted by Gasteiger charge is 2.28. The maximum atomic E-state index is 11.2. The maximum Gasteiger partial charge on any atom is 0.342 e. The highest BCUT2D eigenvalue weighted by molar-refractivity contribution is 8.02. The van der Waals surface area contributed by atoms with Gasteiger partial charge in [-0.2, -0.15) is 0 Å². The van der Waals surface area contributed by atoms with Crippen molar-refractivity contribution >= 4 is 41.3 Å². The number of methoxy groups -OCH3 is 1. The number of ether oxygens (including phenoxy) is 2. The van der Waals surface area contributed by atoms with Gasteiger partial charge in [0.1, 0.15) is 6.10 Å². The van der Waals surface area contributed by atoms with Crippen molar-refractivity contribution in [1.82, 2.24) is 0 Å². The van der Waals surface area contributed by atoms with Crippen molar-refractivity contribution in [3.05, 3.63) is 11.0 Å². The summed E-state index contributed by atoms with van der Waals surface area (Å²) in [4.78, 5) is 22.0. The van der Waals surface area contributed by atoms with Crippen LogP contribution in [0.15, 0.2) is 11.0 Å². The van der Waals surface area contributed by atoms with Crippen LogP contribution in [0.25, 0.3) is 0 Å². The highest BCUT2D eigenvalue weighted by Crippen LogP contribution is 2.25. The molecule has 0 spiro atoms. The van der Waals surface area contributed by atoms with E-state index in [0.29, 0.717) is 11.3 Å². The predicted octanol–water partition coefficient (Wildman–Crippen LogP) is 0.702. The summed E-state index contributed by atoms with van der Waals surface area (Å²) in [5.41, 5.74) is 0.364. The summed E-state index contributed by atoms with van der Waals surface area (Å²) in [6.07, 6.45) is -0.542. The molecule has 0 radical (unpaired) electrons. The molecule has 0 aliphatic carbocycles. The van der Waals surface area contributed by atoms with Crippen LogP contribution in [-0.2, 0) is 19.1 Å². The predicted molar refractivity (Wildman–Crippen MR) is 56.1 cm³/mol. The van der Waals surface area contributed by atoms with Gasteiger partial charge < -0.3 is 9.47 Å². The molecule has 6 heteroatoms. The Hall–Kier alpha value is -0.880. The molecule has 1 heterocycles. The lowest BCUT2D eigenvalue weighted by molar-refractivity contribution is -0.141. The van der Waals surface area contributed by atoms with E-state index >= 15 is 0 Å². The quantitative estimate of drug-likeness (QED) is 0.527. The molecule has 0 fully saturated rings. The second kappa shape index (κ2) is 5.11. The molecule has 76 valence electrons. The number of rotatable bonds is 3. The molecule has 0 saturated heterocycles. The maximum absolute atomic E-state index is 11.2. The van der Waals surface area contributed by atoms with Crippen LogP contribution in [-0.4, -0.2) is 36.3 Å². The van der Waals surface area contributed by atoms with Gasteiger partial charge in [-0.25, -0.2) is 9.59 Å². The van der Waals surface area contributed by atoms with Crippen molar-refractivity contribution in [2.24, 2.45) is 0 Å². The van der Waals surface area contributed by atoms with E-state index in [1.54, 1.807) is 5.41 Å². The molecule has 0 bridgehead atoms. The lowest BCUT2D eigenvalue weighted by Crippen LogP contribution is -2.25. The number of carbonyl (C=O) groups excluding carboxylic acids is 2. The largest absolute Gasteiger partial charge is 0.466 e. The van der Waals surface area contributed by atoms with Crippen LogP contribution >= 0.6 is 24.0 Å². The highest BCUT2D eigenvalue weighted by atomic mass is 32.2. The lowest BCUT2D eigenvalue weighted by atomic mass is 10.2. The van der Waals surface area contributed by atoms with Crippen molar-refractivity contribution in [3.8, 4) is 0 Å². The molecule has 0 aromatic rings. The zero-order chi connectivity index (χ0) is 10.6. The van der Waals surface area contributed by atoms with E-state index in [0.717, 1.165) is 5.37 Å². The van der Waals surface area contributed by atoms with E-state index in [9.17, 15) is 9.59 Å². The Morgan fingerprint density at radius 2 is 2.43 bits per heavy atom. The van der Waals surface area contributed by atoms with Crippen LogP contribution < -0.4 is 0 Å². The van der Waals surface area contributed by atoms with Crippen molar-refractivity contribution < 1.29 is 19.1 Å². The van der Waals surface area contributed by atoms with Gasteiger partial charge in [-0.05, 0) is 5.41 Å². The zero-order valence-corrected chi connectivity index (χ0v) is 9.02. The minimum atomic E-state index is -0.609. The average molecular weight is 232 g/mol. The number of thioether (sulfide) groups is 1. The topological polar surface area (TPSA) is 52.6 Å². The monoisotopic (exact) mass is 232 g/mol. The van der Waals surface area contributed by atoms with Gasteiger partial charge in [0.15, 0.2) is 0 Å². The van der Waals surface area contributed by atoms with E-state index < -0.39 is 18.0 Å². The van der Waals surface area contributed by atoms with E-state index in [1.165, 1.54) is 18.9 Å². The molecule has 1 atom stereocenters. The van der Waals surface area contributed by atoms with E-state index in [2.05, 4.69) is 17.0 Å². The molecule has 4 nitrogen and oxygen atoms in total. The normalized spacial score (nSPS) is 19.8. The second-order valence-corrected chi connectivity index (χ2v) is 3.58. The number of hydrogen-bond acceptors (Lipinski definition) is 6. The van der Waals surface area contributed by atoms with Crippen LogP contribution in [0.2, 0.25) is 0 Å². The molecule has 14 heavy (non-hydrogen) atoms. The van der Waals surface area contributed by atoms with Crippen LogP contribution in [0, 0.1) is 0 Å². The average Bonchev–Trinajstić information content (AvgIpc) is 2.64. The first kappa shape index (κ1) is 11.2. The first-order chi connectivity index (χ1) is 6.69. The minimum absolute atomic E-state index is 0.364. The van der Waals surface area contributed by atoms with Gasteiger partial charge in [0.2, 0.25) is 0 Å². The van der Waals surface area contributed by atoms with Gasteiger partial charge in [0.25, 0.3) is 0 Å². The number of thiocarbonyl (C=S) groups is 1. The standard InChI is InChI=1S/C8H8O4S2/c1-11-8(10)5-3-14-4-6(5)12-7(9)2-13/h2-3,6H,4H2,1H3. The molecule has 1 rings (SSSR count). The van der Waals surface area contributed by atoms with Gasteiger partial charge in [-0.15, -0.1) is 11.8 Å². The van der Waals surface area contributed by atoms with E-state index in [1.807, 2.05) is 0 Å². The van der Waals surface area contributed by atoms with Crippen LogP contribution in [0.1, 0.15) is 0 Å². The Labute approximate surface area is 90.6 Å². The molecule has 1 aliphatic heterocycles. The zero-order valence-electron chi connectivity index (χ0n) is 7.39. The van der Waals surface area contributed by atoms with Crippen LogP contribution in [0.5, 0.6) is 0 Å². The van der Waals surface area contributed by atoms with E-state index in [4.69, 9.17) is 4.74 Å². The Bertz CT molecular complexity index is 298. The van der Waals surface area contributed by atoms with E-state index in [-0.39, 0.29) is 0 Å². The Morgan fingerprint density at radius 3 is 3.00 bits per heavy atom. The van der Waals surface area contributed by atoms with Crippen molar-refractivity contribution in [3.63, 3.8) is 0 Å². The van der Waals surface area contributed by atoms with Gasteiger partial charge in [-0.3, -0.25) is 0 Å². The number of esters is 2. The summed E-state index contributed by atoms with van der Waals surface area (Å²) < 4.78 is 9.44. The number of hydrogen-bond donors (Lipinski definition) is 0. The summed E-state index contributed by atoms with van der Waals surface area (Å²) in [6, 6.07) is 0. The van der Waals surface area contributed by atoms with Gasteiger partial charge >= 0.3 is 11.9 Å². The lowest BCUT2D eigenvalue weighted by Gasteiger charge is -2.11. The third-order valence-electron chi connectivity index (χ3n) is 1.58. The first-order valence-corrected chi connectivity index (χ1v) is 5.26. The molecule has 0 amide bonds. The van der Waals surface area contributed by atoms with Gasteiger partial charge in [-0.1, -0.05) is 12.2 Å². The molecular formula is C8H8O4S2. The van der Waals surface area contributed by atoms with Gasteiger partial charge in [0.05, 0.1) is 18.1 Å². The molecule has 0 aromatic heterocycles. The SMILES string of the molecule is COC(=O)C1=CSCC1OC(=O)C=S. The third-order valence-corrected chi connectivity index (χ3v) is 2.69. The number of carbonyl (C=O) groups is 2. The molecule has 1 unspecified atom stereocenters. The Balaban J connectivity index is 2.63. The van der Waals surface area contributed by atoms with Crippen molar-refractivity contribution in [2.45, 2.75) is 6.10 Å². The summed E-state index contributed by atoms with van der Waals surface area (Å²) in [5.74, 6) is -0.557. The second-order valence-electron chi connectivity index (χ2n) is 2.44. The summed E-state index contributed by atoms with van der Waals surface area (Å²) >= 11 is 5.80. The molecular weight excluding hydrogens is 224 g/mol. The Kier molecular flexibility index (Phi) is 4.09. The van der Waals surface area contributed by atoms with Crippen LogP contribution in [0.3, 0.4) is 0 Å².